The fourth-order valence-corrected chi connectivity index (χ4v) is 6.80. The summed E-state index contributed by atoms with van der Waals surface area (Å²) in [6.07, 6.45) is 5.66. The van der Waals surface area contributed by atoms with E-state index in [1.54, 1.807) is 29.8 Å². The zero-order chi connectivity index (χ0) is 25.0. The Kier molecular flexibility index (Phi) is 7.41. The number of sulfonamides is 1. The van der Waals surface area contributed by atoms with Gasteiger partial charge in [-0.3, -0.25) is 0 Å². The Morgan fingerprint density at radius 1 is 0.972 bits per heavy atom. The number of hydrogen-bond donors (Lipinski definition) is 0. The van der Waals surface area contributed by atoms with E-state index in [9.17, 15) is 8.42 Å². The maximum atomic E-state index is 13.2. The van der Waals surface area contributed by atoms with E-state index in [-0.39, 0.29) is 0 Å². The van der Waals surface area contributed by atoms with E-state index >= 15 is 0 Å². The third kappa shape index (κ3) is 5.33. The Morgan fingerprint density at radius 3 is 2.33 bits per heavy atom. The van der Waals surface area contributed by atoms with Crippen LogP contribution in [0.4, 0.5) is 5.69 Å². The lowest BCUT2D eigenvalue weighted by Crippen LogP contribution is -2.31. The van der Waals surface area contributed by atoms with E-state index in [2.05, 4.69) is 4.57 Å². The molecule has 0 radical (unpaired) electrons. The number of nitrogens with zero attached hydrogens (tertiary/aromatic N) is 3. The first-order valence-electron chi connectivity index (χ1n) is 12.0. The Balaban J connectivity index is 1.49. The molecule has 0 atom stereocenters. The van der Waals surface area contributed by atoms with Crippen molar-refractivity contribution in [3.8, 4) is 17.0 Å². The van der Waals surface area contributed by atoms with Crippen LogP contribution in [0.1, 0.15) is 31.4 Å². The third-order valence-corrected chi connectivity index (χ3v) is 9.12. The highest BCUT2D eigenvalue weighted by Crippen LogP contribution is 2.26. The summed E-state index contributed by atoms with van der Waals surface area (Å²) in [5.74, 6) is 1.59. The predicted octanol–water partition coefficient (Wildman–Crippen LogP) is 5.66. The molecular formula is C27H29N3O4S2. The van der Waals surface area contributed by atoms with Crippen LogP contribution in [-0.2, 0) is 16.6 Å². The SMILES string of the molecule is COc1ccc(N=c2scc(-c3ccc(S(=O)(=O)N4CCCCCC4)cc3)n2Cc2ccco2)cc1. The first-order valence-corrected chi connectivity index (χ1v) is 14.4. The van der Waals surface area contributed by atoms with E-state index < -0.39 is 10.0 Å². The van der Waals surface area contributed by atoms with Crippen LogP contribution in [0.15, 0.2) is 86.6 Å². The zero-order valence-electron chi connectivity index (χ0n) is 20.2. The Morgan fingerprint density at radius 2 is 1.69 bits per heavy atom. The van der Waals surface area contributed by atoms with Crippen LogP contribution in [0.2, 0.25) is 0 Å². The molecule has 0 unspecified atom stereocenters. The van der Waals surface area contributed by atoms with E-state index in [1.807, 2.05) is 53.9 Å². The second kappa shape index (κ2) is 10.9. The van der Waals surface area contributed by atoms with Gasteiger partial charge in [0.15, 0.2) is 4.80 Å². The highest BCUT2D eigenvalue weighted by atomic mass is 32.2. The Bertz CT molecular complexity index is 1440. The van der Waals surface area contributed by atoms with Crippen molar-refractivity contribution in [1.29, 1.82) is 0 Å². The molecule has 0 N–H and O–H groups in total. The maximum absolute atomic E-state index is 13.2. The topological polar surface area (TPSA) is 77.0 Å². The quantitative estimate of drug-likeness (QED) is 0.313. The minimum absolute atomic E-state index is 0.337. The summed E-state index contributed by atoms with van der Waals surface area (Å²) in [4.78, 5) is 6.00. The van der Waals surface area contributed by atoms with Gasteiger partial charge in [0.05, 0.1) is 36.2 Å². The lowest BCUT2D eigenvalue weighted by molar-refractivity contribution is 0.415. The number of furan rings is 1. The largest absolute Gasteiger partial charge is 0.497 e. The van der Waals surface area contributed by atoms with Crippen molar-refractivity contribution >= 4 is 27.0 Å². The van der Waals surface area contributed by atoms with Gasteiger partial charge >= 0.3 is 0 Å². The van der Waals surface area contributed by atoms with Gasteiger partial charge in [-0.25, -0.2) is 13.4 Å². The summed E-state index contributed by atoms with van der Waals surface area (Å²) in [7, 11) is -1.85. The predicted molar refractivity (Wildman–Crippen MR) is 141 cm³/mol. The average molecular weight is 524 g/mol. The molecule has 188 valence electrons. The summed E-state index contributed by atoms with van der Waals surface area (Å²) in [5.41, 5.74) is 2.68. The van der Waals surface area contributed by atoms with Crippen molar-refractivity contribution in [2.45, 2.75) is 37.1 Å². The van der Waals surface area contributed by atoms with Gasteiger partial charge in [-0.15, -0.1) is 11.3 Å². The average Bonchev–Trinajstić information content (AvgIpc) is 3.46. The summed E-state index contributed by atoms with van der Waals surface area (Å²) in [6, 6.07) is 18.6. The Labute approximate surface area is 215 Å². The van der Waals surface area contributed by atoms with Crippen LogP contribution in [0, 0.1) is 0 Å². The van der Waals surface area contributed by atoms with Crippen LogP contribution in [0.25, 0.3) is 11.3 Å². The lowest BCUT2D eigenvalue weighted by Gasteiger charge is -2.20. The second-order valence-corrected chi connectivity index (χ2v) is 11.5. The number of hydrogen-bond acceptors (Lipinski definition) is 6. The van der Waals surface area contributed by atoms with Gasteiger partial charge in [-0.2, -0.15) is 4.31 Å². The molecule has 2 aromatic carbocycles. The maximum Gasteiger partial charge on any atom is 0.243 e. The summed E-state index contributed by atoms with van der Waals surface area (Å²) in [5, 5.41) is 2.05. The molecule has 2 aromatic heterocycles. The van der Waals surface area contributed by atoms with E-state index in [1.165, 1.54) is 11.3 Å². The molecule has 1 saturated heterocycles. The lowest BCUT2D eigenvalue weighted by atomic mass is 10.2. The van der Waals surface area contributed by atoms with Gasteiger partial charge in [0.2, 0.25) is 10.0 Å². The van der Waals surface area contributed by atoms with Crippen LogP contribution < -0.4 is 9.54 Å². The first-order chi connectivity index (χ1) is 17.5. The van der Waals surface area contributed by atoms with Crippen LogP contribution >= 0.6 is 11.3 Å². The normalized spacial score (nSPS) is 15.6. The molecule has 1 aliphatic rings. The van der Waals surface area contributed by atoms with Crippen molar-refractivity contribution in [3.63, 3.8) is 0 Å². The number of methoxy groups -OCH3 is 1. The molecule has 1 fully saturated rings. The summed E-state index contributed by atoms with van der Waals surface area (Å²) in [6.45, 7) is 1.69. The standard InChI is InChI=1S/C27H29N3O4S2/c1-33-23-12-10-22(11-13-23)28-27-30(19-24-7-6-18-34-24)26(20-35-27)21-8-14-25(15-9-21)36(31,32)29-16-4-2-3-5-17-29/h6-15,18,20H,2-5,16-17,19H2,1H3. The monoisotopic (exact) mass is 523 g/mol. The van der Waals surface area contributed by atoms with Gasteiger partial charge < -0.3 is 13.7 Å². The fourth-order valence-electron chi connectivity index (χ4n) is 4.36. The molecule has 0 spiro atoms. The smallest absolute Gasteiger partial charge is 0.243 e. The molecule has 1 aliphatic heterocycles. The van der Waals surface area contributed by atoms with E-state index in [0.717, 1.165) is 58.9 Å². The van der Waals surface area contributed by atoms with Gasteiger partial charge in [0.25, 0.3) is 0 Å². The number of aromatic nitrogens is 1. The molecule has 0 amide bonds. The second-order valence-electron chi connectivity index (χ2n) is 8.72. The molecule has 0 bridgehead atoms. The molecule has 9 heteroatoms. The third-order valence-electron chi connectivity index (χ3n) is 6.34. The number of ether oxygens (including phenoxy) is 1. The first kappa shape index (κ1) is 24.5. The minimum Gasteiger partial charge on any atom is -0.497 e. The van der Waals surface area contributed by atoms with Gasteiger partial charge in [-0.1, -0.05) is 25.0 Å². The number of rotatable bonds is 7. The van der Waals surface area contributed by atoms with Crippen molar-refractivity contribution < 1.29 is 17.6 Å². The molecule has 36 heavy (non-hydrogen) atoms. The highest BCUT2D eigenvalue weighted by molar-refractivity contribution is 7.89. The van der Waals surface area contributed by atoms with Gasteiger partial charge in [0.1, 0.15) is 11.5 Å². The molecule has 0 saturated carbocycles. The van der Waals surface area contributed by atoms with Crippen molar-refractivity contribution in [2.24, 2.45) is 4.99 Å². The highest BCUT2D eigenvalue weighted by Gasteiger charge is 2.25. The van der Waals surface area contributed by atoms with Crippen molar-refractivity contribution in [3.05, 3.63) is 82.9 Å². The molecule has 5 rings (SSSR count). The molecule has 4 aromatic rings. The van der Waals surface area contributed by atoms with Crippen molar-refractivity contribution in [1.82, 2.24) is 8.87 Å². The number of thiazole rings is 1. The molecular weight excluding hydrogens is 494 g/mol. The minimum atomic E-state index is -3.49. The van der Waals surface area contributed by atoms with Crippen LogP contribution in [0.5, 0.6) is 5.75 Å². The van der Waals surface area contributed by atoms with Crippen LogP contribution in [-0.4, -0.2) is 37.5 Å². The zero-order valence-corrected chi connectivity index (χ0v) is 21.8. The van der Waals surface area contributed by atoms with Gasteiger partial charge in [0, 0.05) is 18.5 Å². The molecule has 3 heterocycles. The van der Waals surface area contributed by atoms with Crippen LogP contribution in [0.3, 0.4) is 0 Å². The van der Waals surface area contributed by atoms with E-state index in [4.69, 9.17) is 14.1 Å². The van der Waals surface area contributed by atoms with Crippen molar-refractivity contribution in [2.75, 3.05) is 20.2 Å². The Hall–Kier alpha value is -3.14. The number of benzene rings is 2. The fraction of sp³-hybridized carbons (Fsp3) is 0.296. The van der Waals surface area contributed by atoms with Gasteiger partial charge in [-0.05, 0) is 66.9 Å². The molecule has 0 aliphatic carbocycles. The van der Waals surface area contributed by atoms with E-state index in [0.29, 0.717) is 24.5 Å². The molecule has 7 nitrogen and oxygen atoms in total. The summed E-state index contributed by atoms with van der Waals surface area (Å²) >= 11 is 1.53. The summed E-state index contributed by atoms with van der Waals surface area (Å²) < 4.78 is 41.0.